The number of alkyl halides is 3. The number of H-pyrrole nitrogens is 1. The highest BCUT2D eigenvalue weighted by molar-refractivity contribution is 6.06. The molecule has 1 aliphatic carbocycles. The third-order valence-corrected chi connectivity index (χ3v) is 4.84. The molecule has 2 aromatic heterocycles. The van der Waals surface area contributed by atoms with Gasteiger partial charge in [0.05, 0.1) is 11.8 Å². The predicted molar refractivity (Wildman–Crippen MR) is 109 cm³/mol. The number of hydrogen-bond donors (Lipinski definition) is 2. The molecule has 2 aromatic rings. The maximum atomic E-state index is 12.8. The third kappa shape index (κ3) is 5.62. The van der Waals surface area contributed by atoms with Crippen molar-refractivity contribution in [2.75, 3.05) is 5.32 Å². The van der Waals surface area contributed by atoms with Crippen LogP contribution in [0.5, 0.6) is 5.75 Å². The summed E-state index contributed by atoms with van der Waals surface area (Å²) in [6.07, 6.45) is 1.93. The molecular formula is C22H22F3N3O3. The van der Waals surface area contributed by atoms with Crippen molar-refractivity contribution in [3.63, 3.8) is 0 Å². The Bertz CT molecular complexity index is 1080. The first-order valence-corrected chi connectivity index (χ1v) is 9.57. The molecule has 9 heteroatoms. The van der Waals surface area contributed by atoms with Crippen LogP contribution in [0, 0.1) is 11.3 Å². The predicted octanol–water partition coefficient (Wildman–Crippen LogP) is 4.68. The fraction of sp³-hybridized carbons (Fsp3) is 0.318. The number of rotatable bonds is 4. The van der Waals surface area contributed by atoms with Gasteiger partial charge in [-0.3, -0.25) is 9.59 Å². The zero-order chi connectivity index (χ0) is 22.8. The molecule has 1 aliphatic rings. The van der Waals surface area contributed by atoms with Gasteiger partial charge in [0.1, 0.15) is 17.2 Å². The molecule has 1 amide bonds. The Labute approximate surface area is 176 Å². The van der Waals surface area contributed by atoms with Crippen LogP contribution in [0.25, 0.3) is 0 Å². The summed E-state index contributed by atoms with van der Waals surface area (Å²) in [5.41, 5.74) is -0.999. The standard InChI is InChI=1S/C22H22F3N3O3/c1-21(2,3)13-4-6-16(20(30)28-14-8-9-26-19(29)11-14)17(10-13)31-15-5-7-18(27-12-15)22(23,24)25/h5-13H,4H2,1-3H3,(H2,26,28,29,30). The Hall–Kier alpha value is -3.36. The number of aromatic nitrogens is 2. The minimum Gasteiger partial charge on any atom is -0.455 e. The molecule has 6 nitrogen and oxygen atoms in total. The highest BCUT2D eigenvalue weighted by atomic mass is 19.4. The molecule has 1 atom stereocenters. The number of nitrogens with one attached hydrogen (secondary N) is 2. The lowest BCUT2D eigenvalue weighted by Crippen LogP contribution is -2.26. The molecule has 0 spiro atoms. The molecule has 31 heavy (non-hydrogen) atoms. The monoisotopic (exact) mass is 433 g/mol. The smallest absolute Gasteiger partial charge is 0.433 e. The van der Waals surface area contributed by atoms with Crippen LogP contribution in [0.3, 0.4) is 0 Å². The van der Waals surface area contributed by atoms with E-state index < -0.39 is 17.8 Å². The first-order chi connectivity index (χ1) is 14.4. The summed E-state index contributed by atoms with van der Waals surface area (Å²) >= 11 is 0. The number of carbonyl (C=O) groups is 1. The number of pyridine rings is 2. The van der Waals surface area contributed by atoms with Crippen molar-refractivity contribution in [3.8, 4) is 5.75 Å². The molecule has 3 rings (SSSR count). The van der Waals surface area contributed by atoms with E-state index >= 15 is 0 Å². The van der Waals surface area contributed by atoms with E-state index in [1.54, 1.807) is 12.2 Å². The van der Waals surface area contributed by atoms with Gasteiger partial charge in [-0.2, -0.15) is 13.2 Å². The molecule has 0 radical (unpaired) electrons. The summed E-state index contributed by atoms with van der Waals surface area (Å²) in [6, 6.07) is 4.75. The molecule has 0 aromatic carbocycles. The first kappa shape index (κ1) is 22.3. The van der Waals surface area contributed by atoms with Gasteiger partial charge in [0, 0.05) is 18.0 Å². The molecule has 164 valence electrons. The van der Waals surface area contributed by atoms with Crippen molar-refractivity contribution in [2.45, 2.75) is 33.4 Å². The lowest BCUT2D eigenvalue weighted by Gasteiger charge is -2.31. The van der Waals surface area contributed by atoms with Crippen molar-refractivity contribution in [2.24, 2.45) is 11.3 Å². The average molecular weight is 433 g/mol. The number of nitrogens with zero attached hydrogens (tertiary/aromatic N) is 1. The van der Waals surface area contributed by atoms with Crippen LogP contribution in [0.2, 0.25) is 0 Å². The van der Waals surface area contributed by atoms with Crippen molar-refractivity contribution >= 4 is 11.6 Å². The van der Waals surface area contributed by atoms with Gasteiger partial charge >= 0.3 is 6.18 Å². The minimum atomic E-state index is -4.56. The molecule has 0 saturated carbocycles. The van der Waals surface area contributed by atoms with Crippen LogP contribution in [-0.2, 0) is 11.0 Å². The minimum absolute atomic E-state index is 0.0426. The maximum Gasteiger partial charge on any atom is 0.433 e. The van der Waals surface area contributed by atoms with Crippen molar-refractivity contribution in [3.05, 3.63) is 76.2 Å². The van der Waals surface area contributed by atoms with E-state index in [4.69, 9.17) is 4.74 Å². The van der Waals surface area contributed by atoms with E-state index in [1.807, 2.05) is 20.8 Å². The Kier molecular flexibility index (Phi) is 6.06. The van der Waals surface area contributed by atoms with E-state index in [0.29, 0.717) is 12.1 Å². The van der Waals surface area contributed by atoms with Gasteiger partial charge in [-0.05, 0) is 42.0 Å². The van der Waals surface area contributed by atoms with E-state index in [1.165, 1.54) is 18.3 Å². The first-order valence-electron chi connectivity index (χ1n) is 9.57. The summed E-state index contributed by atoms with van der Waals surface area (Å²) < 4.78 is 44.1. The largest absolute Gasteiger partial charge is 0.455 e. The number of amides is 1. The van der Waals surface area contributed by atoms with Gasteiger partial charge in [-0.1, -0.05) is 26.8 Å². The lowest BCUT2D eigenvalue weighted by molar-refractivity contribution is -0.141. The van der Waals surface area contributed by atoms with Crippen LogP contribution in [0.15, 0.2) is 64.9 Å². The van der Waals surface area contributed by atoms with Gasteiger partial charge in [-0.25, -0.2) is 4.98 Å². The lowest BCUT2D eigenvalue weighted by atomic mass is 9.76. The topological polar surface area (TPSA) is 84.1 Å². The quantitative estimate of drug-likeness (QED) is 0.733. The fourth-order valence-corrected chi connectivity index (χ4v) is 3.04. The van der Waals surface area contributed by atoms with Crippen LogP contribution in [-0.4, -0.2) is 15.9 Å². The van der Waals surface area contributed by atoms with Gasteiger partial charge < -0.3 is 15.0 Å². The van der Waals surface area contributed by atoms with Gasteiger partial charge in [0.15, 0.2) is 0 Å². The fourth-order valence-electron chi connectivity index (χ4n) is 3.04. The normalized spacial score (nSPS) is 16.9. The van der Waals surface area contributed by atoms with Gasteiger partial charge in [0.25, 0.3) is 5.91 Å². The van der Waals surface area contributed by atoms with Crippen LogP contribution < -0.4 is 15.6 Å². The molecule has 0 fully saturated rings. The van der Waals surface area contributed by atoms with Gasteiger partial charge in [-0.15, -0.1) is 0 Å². The molecular weight excluding hydrogens is 411 g/mol. The molecule has 2 N–H and O–H groups in total. The molecule has 2 heterocycles. The van der Waals surface area contributed by atoms with E-state index in [9.17, 15) is 22.8 Å². The van der Waals surface area contributed by atoms with Crippen LogP contribution >= 0.6 is 0 Å². The van der Waals surface area contributed by atoms with Gasteiger partial charge in [0.2, 0.25) is 5.56 Å². The molecule has 1 unspecified atom stereocenters. The number of carbonyl (C=O) groups excluding carboxylic acids is 1. The summed E-state index contributed by atoms with van der Waals surface area (Å²) in [7, 11) is 0. The zero-order valence-corrected chi connectivity index (χ0v) is 17.2. The summed E-state index contributed by atoms with van der Waals surface area (Å²) in [5.74, 6) is -0.163. The van der Waals surface area contributed by atoms with E-state index in [-0.39, 0.29) is 34.0 Å². The average Bonchev–Trinajstić information content (AvgIpc) is 2.67. The number of ether oxygens (including phenoxy) is 1. The molecule has 0 bridgehead atoms. The number of halogens is 3. The Morgan fingerprint density at radius 3 is 2.55 bits per heavy atom. The van der Waals surface area contributed by atoms with Crippen molar-refractivity contribution < 1.29 is 22.7 Å². The summed E-state index contributed by atoms with van der Waals surface area (Å²) in [4.78, 5) is 30.2. The molecule has 0 aliphatic heterocycles. The second kappa shape index (κ2) is 8.41. The number of allylic oxidation sites excluding steroid dienone is 2. The maximum absolute atomic E-state index is 12.8. The number of hydrogen-bond acceptors (Lipinski definition) is 4. The van der Waals surface area contributed by atoms with Crippen molar-refractivity contribution in [1.29, 1.82) is 0 Å². The second-order valence-corrected chi connectivity index (χ2v) is 8.23. The number of aromatic amines is 1. The third-order valence-electron chi connectivity index (χ3n) is 4.84. The van der Waals surface area contributed by atoms with Crippen LogP contribution in [0.4, 0.5) is 18.9 Å². The highest BCUT2D eigenvalue weighted by Gasteiger charge is 2.33. The van der Waals surface area contributed by atoms with E-state index in [0.717, 1.165) is 18.3 Å². The zero-order valence-electron chi connectivity index (χ0n) is 17.2. The van der Waals surface area contributed by atoms with Crippen LogP contribution in [0.1, 0.15) is 32.9 Å². The number of anilines is 1. The Morgan fingerprint density at radius 2 is 1.97 bits per heavy atom. The Morgan fingerprint density at radius 1 is 1.23 bits per heavy atom. The van der Waals surface area contributed by atoms with Crippen molar-refractivity contribution in [1.82, 2.24) is 9.97 Å². The molecule has 0 saturated heterocycles. The second-order valence-electron chi connectivity index (χ2n) is 8.23. The highest BCUT2D eigenvalue weighted by Crippen LogP contribution is 2.37. The Balaban J connectivity index is 1.87. The SMILES string of the molecule is CC(C)(C)C1C=C(Oc2ccc(C(F)(F)F)nc2)C(C(=O)Nc2cc[nH]c(=O)c2)=CC1. The van der Waals surface area contributed by atoms with E-state index in [2.05, 4.69) is 15.3 Å². The summed E-state index contributed by atoms with van der Waals surface area (Å²) in [5, 5.41) is 2.64. The summed E-state index contributed by atoms with van der Waals surface area (Å²) in [6.45, 7) is 6.13.